The minimum Gasteiger partial charge on any atom is -0.515 e. The highest BCUT2D eigenvalue weighted by Crippen LogP contribution is 2.42. The van der Waals surface area contributed by atoms with Crippen molar-refractivity contribution < 1.29 is 38.6 Å². The molecule has 0 saturated heterocycles. The van der Waals surface area contributed by atoms with Crippen LogP contribution in [0.4, 0.5) is 0 Å². The van der Waals surface area contributed by atoms with Gasteiger partial charge in [-0.2, -0.15) is 0 Å². The first kappa shape index (κ1) is 29.8. The number of carboxylic acid groups (broad SMARTS) is 2. The molecule has 0 aromatic rings. The summed E-state index contributed by atoms with van der Waals surface area (Å²) in [7, 11) is -2.26. The van der Waals surface area contributed by atoms with Crippen LogP contribution in [0.15, 0.2) is 24.3 Å². The Balaban J connectivity index is 0. The molecule has 0 aliphatic rings. The first-order valence-corrected chi connectivity index (χ1v) is 12.2. The highest BCUT2D eigenvalue weighted by Gasteiger charge is 2.47. The van der Waals surface area contributed by atoms with Crippen LogP contribution in [0.1, 0.15) is 61.3 Å². The molecule has 30 heavy (non-hydrogen) atoms. The second-order valence-electron chi connectivity index (χ2n) is 7.60. The number of carbonyl (C=O) groups is 4. The van der Waals surface area contributed by atoms with E-state index in [1.54, 1.807) is 0 Å². The predicted octanol–water partition coefficient (Wildman–Crippen LogP) is 4.32. The SMILES string of the molecule is CC(C)[Si](OC(=O)/C=C/C(=O)O)(C(C)C)C(C)C.CCCCOC(=O)/C=C/C(=O)O. The molecule has 2 N–H and O–H groups in total. The lowest BCUT2D eigenvalue weighted by Crippen LogP contribution is -2.49. The molecule has 0 radical (unpaired) electrons. The van der Waals surface area contributed by atoms with Gasteiger partial charge in [-0.3, -0.25) is 0 Å². The van der Waals surface area contributed by atoms with Crippen LogP contribution >= 0.6 is 0 Å². The fourth-order valence-electron chi connectivity index (χ4n) is 3.21. The number of esters is 1. The Morgan fingerprint density at radius 3 is 1.50 bits per heavy atom. The van der Waals surface area contributed by atoms with Gasteiger partial charge in [-0.05, 0) is 23.0 Å². The summed E-state index contributed by atoms with van der Waals surface area (Å²) in [6.07, 6.45) is 5.22. The number of unbranched alkanes of at least 4 members (excludes halogenated alkanes) is 1. The molecule has 0 saturated carbocycles. The molecule has 8 nitrogen and oxygen atoms in total. The molecule has 0 rings (SSSR count). The van der Waals surface area contributed by atoms with Gasteiger partial charge in [-0.25, -0.2) is 19.2 Å². The van der Waals surface area contributed by atoms with Crippen LogP contribution in [-0.2, 0) is 28.3 Å². The molecule has 0 atom stereocenters. The molecular weight excluding hydrogens is 408 g/mol. The Kier molecular flexibility index (Phi) is 15.3. The number of carbonyl (C=O) groups excluding carboxylic acids is 2. The fraction of sp³-hybridized carbons (Fsp3) is 0.619. The third kappa shape index (κ3) is 12.2. The average Bonchev–Trinajstić information content (AvgIpc) is 2.62. The van der Waals surface area contributed by atoms with Crippen molar-refractivity contribution in [2.75, 3.05) is 6.61 Å². The van der Waals surface area contributed by atoms with E-state index in [0.717, 1.165) is 37.1 Å². The van der Waals surface area contributed by atoms with E-state index in [0.29, 0.717) is 23.2 Å². The highest BCUT2D eigenvalue weighted by molar-refractivity contribution is 6.79. The van der Waals surface area contributed by atoms with Crippen LogP contribution in [0.25, 0.3) is 0 Å². The first-order valence-electron chi connectivity index (χ1n) is 10.0. The zero-order valence-corrected chi connectivity index (χ0v) is 20.0. The quantitative estimate of drug-likeness (QED) is 0.209. The summed E-state index contributed by atoms with van der Waals surface area (Å²) in [4.78, 5) is 42.7. The molecule has 0 spiro atoms. The maximum atomic E-state index is 11.7. The number of aliphatic carboxylic acids is 2. The van der Waals surface area contributed by atoms with Gasteiger partial charge in [0.2, 0.25) is 0 Å². The van der Waals surface area contributed by atoms with E-state index in [4.69, 9.17) is 14.6 Å². The van der Waals surface area contributed by atoms with E-state index in [1.165, 1.54) is 0 Å². The summed E-state index contributed by atoms with van der Waals surface area (Å²) in [6, 6.07) is 0. The van der Waals surface area contributed by atoms with Gasteiger partial charge in [0.05, 0.1) is 6.61 Å². The van der Waals surface area contributed by atoms with Crippen molar-refractivity contribution in [1.82, 2.24) is 0 Å². The number of carboxylic acids is 2. The Bertz CT molecular complexity index is 599. The van der Waals surface area contributed by atoms with Crippen LogP contribution in [0, 0.1) is 0 Å². The Labute approximate surface area is 180 Å². The van der Waals surface area contributed by atoms with E-state index < -0.39 is 32.2 Å². The maximum Gasteiger partial charge on any atom is 0.331 e. The van der Waals surface area contributed by atoms with Gasteiger partial charge in [0, 0.05) is 24.3 Å². The smallest absolute Gasteiger partial charge is 0.331 e. The van der Waals surface area contributed by atoms with Crippen LogP contribution in [0.5, 0.6) is 0 Å². The molecule has 0 aromatic carbocycles. The zero-order valence-electron chi connectivity index (χ0n) is 19.0. The molecule has 0 heterocycles. The van der Waals surface area contributed by atoms with Gasteiger partial charge in [0.25, 0.3) is 8.32 Å². The topological polar surface area (TPSA) is 127 Å². The van der Waals surface area contributed by atoms with Gasteiger partial charge < -0.3 is 19.4 Å². The van der Waals surface area contributed by atoms with E-state index in [9.17, 15) is 19.2 Å². The Morgan fingerprint density at radius 1 is 0.767 bits per heavy atom. The highest BCUT2D eigenvalue weighted by atomic mass is 28.4. The number of hydrogen-bond donors (Lipinski definition) is 2. The summed E-state index contributed by atoms with van der Waals surface area (Å²) in [5.74, 6) is -3.44. The summed E-state index contributed by atoms with van der Waals surface area (Å²) >= 11 is 0. The fourth-order valence-corrected chi connectivity index (χ4v) is 8.33. The van der Waals surface area contributed by atoms with Crippen molar-refractivity contribution in [3.63, 3.8) is 0 Å². The van der Waals surface area contributed by atoms with E-state index in [-0.39, 0.29) is 0 Å². The third-order valence-electron chi connectivity index (χ3n) is 4.45. The summed E-state index contributed by atoms with van der Waals surface area (Å²) in [6.45, 7) is 14.7. The van der Waals surface area contributed by atoms with Gasteiger partial charge >= 0.3 is 23.9 Å². The molecule has 172 valence electrons. The van der Waals surface area contributed by atoms with Gasteiger partial charge in [0.15, 0.2) is 0 Å². The van der Waals surface area contributed by atoms with Gasteiger partial charge in [-0.1, -0.05) is 54.9 Å². The minimum absolute atomic E-state index is 0.291. The summed E-state index contributed by atoms with van der Waals surface area (Å²) in [5.41, 5.74) is 0.874. The number of hydrogen-bond acceptors (Lipinski definition) is 6. The predicted molar refractivity (Wildman–Crippen MR) is 117 cm³/mol. The average molecular weight is 445 g/mol. The van der Waals surface area contributed by atoms with Crippen molar-refractivity contribution in [2.45, 2.75) is 77.9 Å². The van der Waals surface area contributed by atoms with Gasteiger partial charge in [0.1, 0.15) is 0 Å². The first-order chi connectivity index (χ1) is 13.8. The molecular formula is C21H36O8Si. The van der Waals surface area contributed by atoms with Crippen molar-refractivity contribution in [1.29, 1.82) is 0 Å². The van der Waals surface area contributed by atoms with E-state index >= 15 is 0 Å². The minimum atomic E-state index is -2.26. The third-order valence-corrected chi connectivity index (χ3v) is 10.4. The lowest BCUT2D eigenvalue weighted by molar-refractivity contribution is -0.138. The molecule has 0 amide bonds. The van der Waals surface area contributed by atoms with E-state index in [2.05, 4.69) is 46.3 Å². The molecule has 0 aromatic heterocycles. The monoisotopic (exact) mass is 444 g/mol. The lowest BCUT2D eigenvalue weighted by atomic mass is 10.4. The molecule has 0 aliphatic carbocycles. The van der Waals surface area contributed by atoms with Crippen molar-refractivity contribution >= 4 is 32.2 Å². The maximum absolute atomic E-state index is 11.7. The van der Waals surface area contributed by atoms with Crippen LogP contribution in [-0.4, -0.2) is 49.0 Å². The van der Waals surface area contributed by atoms with Crippen molar-refractivity contribution in [3.05, 3.63) is 24.3 Å². The molecule has 0 aliphatic heterocycles. The van der Waals surface area contributed by atoms with E-state index in [1.807, 2.05) is 6.92 Å². The molecule has 0 fully saturated rings. The Morgan fingerprint density at radius 2 is 1.17 bits per heavy atom. The van der Waals surface area contributed by atoms with Crippen LogP contribution in [0.3, 0.4) is 0 Å². The van der Waals surface area contributed by atoms with Crippen molar-refractivity contribution in [2.24, 2.45) is 0 Å². The van der Waals surface area contributed by atoms with Crippen molar-refractivity contribution in [3.8, 4) is 0 Å². The second-order valence-corrected chi connectivity index (χ2v) is 13.0. The standard InChI is InChI=1S/C13H24O4Si.C8H12O4/c1-9(2)18(10(3)4,11(5)6)17-13(16)8-7-12(14)15;1-2-3-6-12-8(11)5-4-7(9)10/h7-11H,1-6H3,(H,14,15);4-5H,2-3,6H2,1H3,(H,9,10)/b8-7+;5-4+. The lowest BCUT2D eigenvalue weighted by Gasteiger charge is -2.40. The number of ether oxygens (including phenoxy) is 1. The van der Waals surface area contributed by atoms with Crippen LogP contribution in [0.2, 0.25) is 16.6 Å². The molecule has 0 unspecified atom stereocenters. The zero-order chi connectivity index (χ0) is 23.9. The second kappa shape index (κ2) is 15.4. The summed E-state index contributed by atoms with van der Waals surface area (Å²) in [5, 5.41) is 16.6. The normalized spacial score (nSPS) is 11.7. The summed E-state index contributed by atoms with van der Waals surface area (Å²) < 4.78 is 10.4. The van der Waals surface area contributed by atoms with Gasteiger partial charge in [-0.15, -0.1) is 0 Å². The Hall–Kier alpha value is -2.42. The largest absolute Gasteiger partial charge is 0.515 e. The molecule has 0 bridgehead atoms. The molecule has 9 heteroatoms. The number of rotatable bonds is 11. The van der Waals surface area contributed by atoms with Crippen LogP contribution < -0.4 is 0 Å².